The van der Waals surface area contributed by atoms with E-state index < -0.39 is 11.4 Å². The number of urea groups is 1. The van der Waals surface area contributed by atoms with Crippen LogP contribution in [0.5, 0.6) is 0 Å². The van der Waals surface area contributed by atoms with E-state index in [4.69, 9.17) is 0 Å². The number of hydrogen-bond acceptors (Lipinski definition) is 2. The van der Waals surface area contributed by atoms with Gasteiger partial charge in [0.2, 0.25) is 5.91 Å². The van der Waals surface area contributed by atoms with Gasteiger partial charge in [0.1, 0.15) is 0 Å². The SMILES string of the molecule is CN1C(=O)N=C(c2ccccc2)C(C)(C)C1=O. The van der Waals surface area contributed by atoms with Crippen molar-refractivity contribution in [3.8, 4) is 0 Å². The van der Waals surface area contributed by atoms with Gasteiger partial charge in [0.05, 0.1) is 11.1 Å². The third kappa shape index (κ3) is 1.75. The monoisotopic (exact) mass is 230 g/mol. The van der Waals surface area contributed by atoms with Crippen molar-refractivity contribution >= 4 is 17.6 Å². The van der Waals surface area contributed by atoms with E-state index in [2.05, 4.69) is 4.99 Å². The van der Waals surface area contributed by atoms with Crippen LogP contribution in [-0.2, 0) is 4.79 Å². The number of carbonyl (C=O) groups excluding carboxylic acids is 2. The molecule has 0 aliphatic carbocycles. The molecule has 0 N–H and O–H groups in total. The van der Waals surface area contributed by atoms with E-state index in [1.807, 2.05) is 30.3 Å². The van der Waals surface area contributed by atoms with Crippen LogP contribution in [0.2, 0.25) is 0 Å². The van der Waals surface area contributed by atoms with E-state index in [0.717, 1.165) is 10.5 Å². The van der Waals surface area contributed by atoms with Crippen molar-refractivity contribution in [2.45, 2.75) is 13.8 Å². The standard InChI is InChI=1S/C13H14N2O2/c1-13(2)10(9-7-5-4-6-8-9)14-12(17)15(3)11(13)16/h4-8H,1-3H3. The largest absolute Gasteiger partial charge is 0.350 e. The molecule has 88 valence electrons. The quantitative estimate of drug-likeness (QED) is 0.741. The van der Waals surface area contributed by atoms with Crippen LogP contribution >= 0.6 is 0 Å². The van der Waals surface area contributed by atoms with Gasteiger partial charge in [-0.2, -0.15) is 4.99 Å². The molecule has 1 aromatic carbocycles. The Balaban J connectivity index is 2.57. The maximum atomic E-state index is 12.1. The second kappa shape index (κ2) is 3.80. The third-order valence-electron chi connectivity index (χ3n) is 2.97. The molecule has 4 nitrogen and oxygen atoms in total. The fourth-order valence-corrected chi connectivity index (χ4v) is 1.94. The van der Waals surface area contributed by atoms with Crippen molar-refractivity contribution < 1.29 is 9.59 Å². The fourth-order valence-electron chi connectivity index (χ4n) is 1.94. The van der Waals surface area contributed by atoms with Gasteiger partial charge in [-0.25, -0.2) is 4.79 Å². The summed E-state index contributed by atoms with van der Waals surface area (Å²) in [6.45, 7) is 3.56. The summed E-state index contributed by atoms with van der Waals surface area (Å²) < 4.78 is 0. The lowest BCUT2D eigenvalue weighted by Gasteiger charge is -2.33. The number of amides is 3. The summed E-state index contributed by atoms with van der Waals surface area (Å²) in [5.74, 6) is -0.226. The van der Waals surface area contributed by atoms with Gasteiger partial charge in [-0.05, 0) is 19.4 Å². The van der Waals surface area contributed by atoms with Crippen LogP contribution in [0.25, 0.3) is 0 Å². The van der Waals surface area contributed by atoms with Gasteiger partial charge in [0.25, 0.3) is 0 Å². The summed E-state index contributed by atoms with van der Waals surface area (Å²) in [5.41, 5.74) is 0.572. The van der Waals surface area contributed by atoms with Crippen LogP contribution < -0.4 is 0 Å². The summed E-state index contributed by atoms with van der Waals surface area (Å²) in [4.78, 5) is 28.7. The summed E-state index contributed by atoms with van der Waals surface area (Å²) in [7, 11) is 1.46. The number of carbonyl (C=O) groups is 2. The molecule has 0 saturated carbocycles. The molecule has 1 aromatic rings. The molecule has 0 fully saturated rings. The molecule has 0 bridgehead atoms. The van der Waals surface area contributed by atoms with Crippen molar-refractivity contribution in [1.82, 2.24) is 4.90 Å². The predicted molar refractivity (Wildman–Crippen MR) is 64.9 cm³/mol. The first-order valence-electron chi connectivity index (χ1n) is 5.41. The molecule has 0 radical (unpaired) electrons. The number of rotatable bonds is 1. The Bertz CT molecular complexity index is 503. The highest BCUT2D eigenvalue weighted by atomic mass is 16.2. The van der Waals surface area contributed by atoms with Crippen LogP contribution in [0.15, 0.2) is 35.3 Å². The summed E-state index contributed by atoms with van der Waals surface area (Å²) in [6.07, 6.45) is 0. The van der Waals surface area contributed by atoms with Gasteiger partial charge in [-0.15, -0.1) is 0 Å². The van der Waals surface area contributed by atoms with E-state index in [-0.39, 0.29) is 5.91 Å². The van der Waals surface area contributed by atoms with Gasteiger partial charge in [0, 0.05) is 7.05 Å². The molecule has 0 atom stereocenters. The predicted octanol–water partition coefficient (Wildman–Crippen LogP) is 2.09. The number of nitrogens with zero attached hydrogens (tertiary/aromatic N) is 2. The van der Waals surface area contributed by atoms with E-state index in [1.165, 1.54) is 7.05 Å². The minimum atomic E-state index is -0.774. The average Bonchev–Trinajstić information content (AvgIpc) is 2.33. The maximum absolute atomic E-state index is 12.1. The number of imide groups is 1. The zero-order chi connectivity index (χ0) is 12.6. The van der Waals surface area contributed by atoms with Crippen molar-refractivity contribution in [3.05, 3.63) is 35.9 Å². The lowest BCUT2D eigenvalue weighted by Crippen LogP contribution is -2.50. The van der Waals surface area contributed by atoms with Gasteiger partial charge in [-0.3, -0.25) is 9.69 Å². The Morgan fingerprint density at radius 3 is 2.29 bits per heavy atom. The Hall–Kier alpha value is -1.97. The molecule has 4 heteroatoms. The minimum absolute atomic E-state index is 0.226. The molecule has 0 saturated heterocycles. The first-order valence-corrected chi connectivity index (χ1v) is 5.41. The van der Waals surface area contributed by atoms with Crippen LogP contribution in [0, 0.1) is 5.41 Å². The van der Waals surface area contributed by atoms with Crippen LogP contribution in [-0.4, -0.2) is 29.6 Å². The van der Waals surface area contributed by atoms with E-state index in [0.29, 0.717) is 5.71 Å². The van der Waals surface area contributed by atoms with Crippen LogP contribution in [0.4, 0.5) is 4.79 Å². The van der Waals surface area contributed by atoms with Gasteiger partial charge in [-0.1, -0.05) is 30.3 Å². The Labute approximate surface area is 100.0 Å². The fraction of sp³-hybridized carbons (Fsp3) is 0.308. The zero-order valence-electron chi connectivity index (χ0n) is 10.1. The second-order valence-electron chi connectivity index (χ2n) is 4.60. The molecule has 1 aliphatic rings. The second-order valence-corrected chi connectivity index (χ2v) is 4.60. The highest BCUT2D eigenvalue weighted by Crippen LogP contribution is 2.29. The molecule has 2 rings (SSSR count). The average molecular weight is 230 g/mol. The van der Waals surface area contributed by atoms with E-state index in [1.54, 1.807) is 13.8 Å². The summed E-state index contributed by atoms with van der Waals surface area (Å²) in [5, 5.41) is 0. The van der Waals surface area contributed by atoms with E-state index >= 15 is 0 Å². The van der Waals surface area contributed by atoms with Gasteiger partial charge < -0.3 is 0 Å². The molecule has 0 unspecified atom stereocenters. The molecule has 1 heterocycles. The minimum Gasteiger partial charge on any atom is -0.273 e. The highest BCUT2D eigenvalue weighted by molar-refractivity contribution is 6.24. The lowest BCUT2D eigenvalue weighted by molar-refractivity contribution is -0.133. The van der Waals surface area contributed by atoms with Crippen LogP contribution in [0.3, 0.4) is 0 Å². The van der Waals surface area contributed by atoms with Gasteiger partial charge in [0.15, 0.2) is 0 Å². The zero-order valence-corrected chi connectivity index (χ0v) is 10.1. The van der Waals surface area contributed by atoms with Crippen molar-refractivity contribution in [2.75, 3.05) is 7.05 Å². The molecule has 1 aliphatic heterocycles. The highest BCUT2D eigenvalue weighted by Gasteiger charge is 2.42. The van der Waals surface area contributed by atoms with Crippen molar-refractivity contribution in [1.29, 1.82) is 0 Å². The first-order chi connectivity index (χ1) is 7.94. The first kappa shape index (κ1) is 11.5. The molecule has 3 amide bonds. The van der Waals surface area contributed by atoms with Crippen LogP contribution in [0.1, 0.15) is 19.4 Å². The Kier molecular flexibility index (Phi) is 2.58. The molecule has 0 spiro atoms. The number of benzene rings is 1. The normalized spacial score (nSPS) is 19.2. The molecular weight excluding hydrogens is 216 g/mol. The van der Waals surface area contributed by atoms with Crippen molar-refractivity contribution in [2.24, 2.45) is 10.4 Å². The molecule has 17 heavy (non-hydrogen) atoms. The number of aliphatic imine (C=N–C) groups is 1. The van der Waals surface area contributed by atoms with Gasteiger partial charge >= 0.3 is 6.03 Å². The molecular formula is C13H14N2O2. The maximum Gasteiger partial charge on any atom is 0.350 e. The Morgan fingerprint density at radius 1 is 1.12 bits per heavy atom. The Morgan fingerprint density at radius 2 is 1.71 bits per heavy atom. The molecule has 0 aromatic heterocycles. The topological polar surface area (TPSA) is 49.7 Å². The van der Waals surface area contributed by atoms with E-state index in [9.17, 15) is 9.59 Å². The third-order valence-corrected chi connectivity index (χ3v) is 2.97. The number of hydrogen-bond donors (Lipinski definition) is 0. The summed E-state index contributed by atoms with van der Waals surface area (Å²) in [6, 6.07) is 8.81. The summed E-state index contributed by atoms with van der Waals surface area (Å²) >= 11 is 0. The van der Waals surface area contributed by atoms with Crippen molar-refractivity contribution in [3.63, 3.8) is 0 Å². The smallest absolute Gasteiger partial charge is 0.273 e. The lowest BCUT2D eigenvalue weighted by atomic mass is 9.81.